The summed E-state index contributed by atoms with van der Waals surface area (Å²) in [7, 11) is 3.16. The largest absolute Gasteiger partial charge is 0.493 e. The zero-order valence-corrected chi connectivity index (χ0v) is 22.2. The van der Waals surface area contributed by atoms with E-state index in [4.69, 9.17) is 21.7 Å². The Morgan fingerprint density at radius 2 is 1.61 bits per heavy atom. The molecule has 9 heteroatoms. The number of ether oxygens (including phenoxy) is 2. The first-order chi connectivity index (χ1) is 18.4. The van der Waals surface area contributed by atoms with Crippen LogP contribution in [0.15, 0.2) is 72.8 Å². The lowest BCUT2D eigenvalue weighted by atomic mass is 10.1. The molecule has 38 heavy (non-hydrogen) atoms. The minimum atomic E-state index is -0.737. The number of carbonyl (C=O) groups is 2. The van der Waals surface area contributed by atoms with Gasteiger partial charge >= 0.3 is 0 Å². The highest BCUT2D eigenvalue weighted by Crippen LogP contribution is 2.29. The molecule has 1 atom stereocenters. The average Bonchev–Trinajstić information content (AvgIpc) is 3.15. The molecule has 3 aromatic carbocycles. The van der Waals surface area contributed by atoms with Gasteiger partial charge in [0.05, 0.1) is 20.6 Å². The Kier molecular flexibility index (Phi) is 8.91. The Hall–Kier alpha value is -3.98. The molecule has 1 heterocycles. The molecule has 1 aliphatic heterocycles. The van der Waals surface area contributed by atoms with Gasteiger partial charge in [-0.1, -0.05) is 36.4 Å². The van der Waals surface area contributed by atoms with Gasteiger partial charge in [-0.3, -0.25) is 14.5 Å². The number of nitrogens with one attached hydrogen (secondary N) is 1. The van der Waals surface area contributed by atoms with E-state index < -0.39 is 11.9 Å². The Morgan fingerprint density at radius 3 is 2.29 bits per heavy atom. The smallest absolute Gasteiger partial charge is 0.252 e. The van der Waals surface area contributed by atoms with E-state index in [1.54, 1.807) is 19.1 Å². The van der Waals surface area contributed by atoms with Gasteiger partial charge in [-0.2, -0.15) is 0 Å². The van der Waals surface area contributed by atoms with Crippen molar-refractivity contribution in [3.8, 4) is 11.5 Å². The van der Waals surface area contributed by atoms with Gasteiger partial charge in [0.2, 0.25) is 5.91 Å². The number of anilines is 1. The number of benzene rings is 3. The maximum Gasteiger partial charge on any atom is 0.252 e. The number of rotatable bonds is 11. The van der Waals surface area contributed by atoms with E-state index in [9.17, 15) is 14.0 Å². The van der Waals surface area contributed by atoms with Crippen LogP contribution < -0.4 is 14.8 Å². The van der Waals surface area contributed by atoms with Crippen LogP contribution in [0.3, 0.4) is 0 Å². The van der Waals surface area contributed by atoms with Crippen LogP contribution in [0.1, 0.15) is 17.5 Å². The van der Waals surface area contributed by atoms with Gasteiger partial charge in [-0.25, -0.2) is 4.39 Å². The number of thiocarbonyl (C=S) groups is 1. The van der Waals surface area contributed by atoms with Crippen LogP contribution in [0.2, 0.25) is 0 Å². The fourth-order valence-electron chi connectivity index (χ4n) is 4.44. The molecule has 1 saturated heterocycles. The molecule has 0 bridgehead atoms. The fourth-order valence-corrected chi connectivity index (χ4v) is 4.84. The highest BCUT2D eigenvalue weighted by Gasteiger charge is 2.42. The van der Waals surface area contributed by atoms with Gasteiger partial charge in [-0.05, 0) is 72.6 Å². The molecule has 0 aromatic heterocycles. The van der Waals surface area contributed by atoms with Crippen molar-refractivity contribution < 1.29 is 23.5 Å². The second-order valence-corrected chi connectivity index (χ2v) is 9.28. The number of hydrogen-bond donors (Lipinski definition) is 1. The van der Waals surface area contributed by atoms with Crippen LogP contribution in [0.5, 0.6) is 11.5 Å². The van der Waals surface area contributed by atoms with E-state index in [1.165, 1.54) is 24.3 Å². The van der Waals surface area contributed by atoms with Crippen molar-refractivity contribution in [2.45, 2.75) is 25.3 Å². The summed E-state index contributed by atoms with van der Waals surface area (Å²) in [6.45, 7) is 0.862. The summed E-state index contributed by atoms with van der Waals surface area (Å²) in [5.41, 5.74) is 2.54. The normalized spacial score (nSPS) is 15.1. The van der Waals surface area contributed by atoms with Crippen LogP contribution in [0.4, 0.5) is 10.1 Å². The topological polar surface area (TPSA) is 71.1 Å². The van der Waals surface area contributed by atoms with E-state index in [1.807, 2.05) is 53.4 Å². The Labute approximate surface area is 227 Å². The molecular weight excluding hydrogens is 505 g/mol. The lowest BCUT2D eigenvalue weighted by molar-refractivity contribution is -0.130. The molecule has 0 radical (unpaired) electrons. The Bertz CT molecular complexity index is 1290. The van der Waals surface area contributed by atoms with Crippen LogP contribution in [0.25, 0.3) is 0 Å². The van der Waals surface area contributed by atoms with Crippen LogP contribution in [0, 0.1) is 5.82 Å². The summed E-state index contributed by atoms with van der Waals surface area (Å²) in [6.07, 6.45) is 1.14. The summed E-state index contributed by atoms with van der Waals surface area (Å²) < 4.78 is 24.0. The minimum Gasteiger partial charge on any atom is -0.493 e. The lowest BCUT2D eigenvalue weighted by Crippen LogP contribution is -2.39. The minimum absolute atomic E-state index is 0.0792. The molecule has 4 rings (SSSR count). The van der Waals surface area contributed by atoms with E-state index in [2.05, 4.69) is 5.32 Å². The van der Waals surface area contributed by atoms with Gasteiger partial charge < -0.3 is 19.7 Å². The summed E-state index contributed by atoms with van der Waals surface area (Å²) in [5.74, 6) is 0.302. The zero-order valence-electron chi connectivity index (χ0n) is 21.4. The standard InChI is InChI=1S/C29H30FN3O4S/c1-36-25-13-8-21(18-26(25)37-2)15-16-32-24(19-27(34)31-23-11-9-22(30)10-12-23)28(35)33(29(32)38)17-14-20-6-4-3-5-7-20/h3-13,18,24H,14-17,19H2,1-2H3,(H,31,34). The van der Waals surface area contributed by atoms with Gasteiger partial charge in [0.15, 0.2) is 16.6 Å². The van der Waals surface area contributed by atoms with Crippen molar-refractivity contribution in [2.75, 3.05) is 32.6 Å². The first-order valence-corrected chi connectivity index (χ1v) is 12.7. The van der Waals surface area contributed by atoms with Crippen molar-refractivity contribution in [1.82, 2.24) is 9.80 Å². The van der Waals surface area contributed by atoms with E-state index >= 15 is 0 Å². The second-order valence-electron chi connectivity index (χ2n) is 8.92. The summed E-state index contributed by atoms with van der Waals surface area (Å²) in [5, 5.41) is 3.16. The highest BCUT2D eigenvalue weighted by molar-refractivity contribution is 7.80. The molecular formula is C29H30FN3O4S. The number of halogens is 1. The lowest BCUT2D eigenvalue weighted by Gasteiger charge is -2.24. The number of carbonyl (C=O) groups excluding carboxylic acids is 2. The molecule has 198 valence electrons. The van der Waals surface area contributed by atoms with Crippen LogP contribution in [-0.4, -0.2) is 60.1 Å². The zero-order chi connectivity index (χ0) is 27.1. The van der Waals surface area contributed by atoms with Crippen molar-refractivity contribution in [3.05, 3.63) is 89.7 Å². The fraction of sp³-hybridized carbons (Fsp3) is 0.276. The second kappa shape index (κ2) is 12.5. The number of amides is 2. The first-order valence-electron chi connectivity index (χ1n) is 12.3. The molecule has 1 fully saturated rings. The van der Waals surface area contributed by atoms with Crippen LogP contribution >= 0.6 is 12.2 Å². The third kappa shape index (κ3) is 6.47. The molecule has 1 N–H and O–H groups in total. The molecule has 2 amide bonds. The molecule has 1 aliphatic rings. The van der Waals surface area contributed by atoms with Crippen molar-refractivity contribution in [3.63, 3.8) is 0 Å². The molecule has 0 aliphatic carbocycles. The number of hydrogen-bond acceptors (Lipinski definition) is 5. The maximum atomic E-state index is 13.5. The van der Waals surface area contributed by atoms with Crippen LogP contribution in [-0.2, 0) is 22.4 Å². The third-order valence-corrected chi connectivity index (χ3v) is 6.92. The van der Waals surface area contributed by atoms with Gasteiger partial charge in [-0.15, -0.1) is 0 Å². The molecule has 3 aromatic rings. The Morgan fingerprint density at radius 1 is 0.921 bits per heavy atom. The van der Waals surface area contributed by atoms with Gasteiger partial charge in [0.25, 0.3) is 5.91 Å². The summed E-state index contributed by atoms with van der Waals surface area (Å²) >= 11 is 5.74. The average molecular weight is 536 g/mol. The quantitative estimate of drug-likeness (QED) is 0.366. The van der Waals surface area contributed by atoms with E-state index in [0.29, 0.717) is 48.2 Å². The van der Waals surface area contributed by atoms with Gasteiger partial charge in [0.1, 0.15) is 11.9 Å². The van der Waals surface area contributed by atoms with E-state index in [-0.39, 0.29) is 18.2 Å². The third-order valence-electron chi connectivity index (χ3n) is 6.47. The molecule has 7 nitrogen and oxygen atoms in total. The molecule has 0 spiro atoms. The predicted octanol–water partition coefficient (Wildman–Crippen LogP) is 4.45. The Balaban J connectivity index is 1.50. The predicted molar refractivity (Wildman–Crippen MR) is 148 cm³/mol. The highest BCUT2D eigenvalue weighted by atomic mass is 32.1. The molecule has 1 unspecified atom stereocenters. The van der Waals surface area contributed by atoms with Crippen molar-refractivity contribution >= 4 is 34.8 Å². The first kappa shape index (κ1) is 27.1. The van der Waals surface area contributed by atoms with E-state index in [0.717, 1.165) is 11.1 Å². The van der Waals surface area contributed by atoms with Crippen molar-refractivity contribution in [1.29, 1.82) is 0 Å². The van der Waals surface area contributed by atoms with Gasteiger partial charge in [0, 0.05) is 18.8 Å². The number of nitrogens with zero attached hydrogens (tertiary/aromatic N) is 2. The maximum absolute atomic E-state index is 13.5. The van der Waals surface area contributed by atoms with Crippen molar-refractivity contribution in [2.24, 2.45) is 0 Å². The number of methoxy groups -OCH3 is 2. The SMILES string of the molecule is COc1ccc(CCN2C(=S)N(CCc3ccccc3)C(=O)C2CC(=O)Nc2ccc(F)cc2)cc1OC. The monoisotopic (exact) mass is 535 g/mol. The molecule has 0 saturated carbocycles. The summed E-state index contributed by atoms with van der Waals surface area (Å²) in [4.78, 5) is 29.8. The summed E-state index contributed by atoms with van der Waals surface area (Å²) in [6, 6.07) is 20.3.